The number of piperazine rings is 1. The van der Waals surface area contributed by atoms with Crippen molar-refractivity contribution in [1.29, 1.82) is 0 Å². The Bertz CT molecular complexity index is 279. The second kappa shape index (κ2) is 6.59. The molecule has 0 spiro atoms. The van der Waals surface area contributed by atoms with E-state index in [9.17, 15) is 9.59 Å². The number of nitrogens with two attached hydrogens (primary N) is 1. The Kier molecular flexibility index (Phi) is 5.41. The van der Waals surface area contributed by atoms with Crippen LogP contribution in [0.3, 0.4) is 0 Å². The molecule has 0 saturated carbocycles. The Morgan fingerprint density at radius 1 is 1.53 bits per heavy atom. The van der Waals surface area contributed by atoms with Crippen molar-refractivity contribution in [3.05, 3.63) is 0 Å². The quantitative estimate of drug-likeness (QED) is 0.709. The maximum Gasteiger partial charge on any atom is 0.239 e. The molecule has 1 rings (SSSR count). The fourth-order valence-electron chi connectivity index (χ4n) is 2.16. The molecule has 5 heteroatoms. The maximum atomic E-state index is 12.0. The van der Waals surface area contributed by atoms with E-state index in [4.69, 9.17) is 5.73 Å². The minimum Gasteiger partial charge on any atom is -0.353 e. The highest BCUT2D eigenvalue weighted by Crippen LogP contribution is 2.15. The van der Waals surface area contributed by atoms with Gasteiger partial charge < -0.3 is 16.0 Å². The van der Waals surface area contributed by atoms with E-state index in [1.807, 2.05) is 0 Å². The minimum absolute atomic E-state index is 0.0518. The number of nitrogens with zero attached hydrogens (tertiary/aromatic N) is 1. The number of hydrogen-bond donors (Lipinski definition) is 2. The van der Waals surface area contributed by atoms with Crippen LogP contribution in [0.4, 0.5) is 0 Å². The molecule has 0 bridgehead atoms. The molecule has 17 heavy (non-hydrogen) atoms. The Morgan fingerprint density at radius 3 is 2.76 bits per heavy atom. The highest BCUT2D eigenvalue weighted by Gasteiger charge is 2.23. The molecule has 0 aliphatic carbocycles. The zero-order valence-electron chi connectivity index (χ0n) is 10.7. The first-order valence-electron chi connectivity index (χ1n) is 6.27. The molecular weight excluding hydrogens is 218 g/mol. The van der Waals surface area contributed by atoms with Crippen LogP contribution >= 0.6 is 0 Å². The highest BCUT2D eigenvalue weighted by atomic mass is 16.2. The summed E-state index contributed by atoms with van der Waals surface area (Å²) in [7, 11) is 0. The molecule has 0 radical (unpaired) electrons. The third-order valence-corrected chi connectivity index (χ3v) is 2.99. The molecule has 1 heterocycles. The van der Waals surface area contributed by atoms with Crippen molar-refractivity contribution >= 4 is 11.8 Å². The van der Waals surface area contributed by atoms with E-state index in [1.165, 1.54) is 0 Å². The predicted molar refractivity (Wildman–Crippen MR) is 66.2 cm³/mol. The van der Waals surface area contributed by atoms with E-state index < -0.39 is 0 Å². The van der Waals surface area contributed by atoms with Crippen LogP contribution in [0.25, 0.3) is 0 Å². The highest BCUT2D eigenvalue weighted by molar-refractivity contribution is 5.85. The smallest absolute Gasteiger partial charge is 0.239 e. The van der Waals surface area contributed by atoms with E-state index in [1.54, 1.807) is 4.90 Å². The van der Waals surface area contributed by atoms with E-state index in [0.29, 0.717) is 32.0 Å². The van der Waals surface area contributed by atoms with Gasteiger partial charge in [0.1, 0.15) is 0 Å². The summed E-state index contributed by atoms with van der Waals surface area (Å²) in [6, 6.07) is 0. The molecule has 5 nitrogen and oxygen atoms in total. The molecule has 1 saturated heterocycles. The fraction of sp³-hybridized carbons (Fsp3) is 0.833. The summed E-state index contributed by atoms with van der Waals surface area (Å²) in [6.45, 7) is 6.15. The van der Waals surface area contributed by atoms with Gasteiger partial charge in [-0.1, -0.05) is 13.8 Å². The molecule has 1 aliphatic heterocycles. The van der Waals surface area contributed by atoms with E-state index in [-0.39, 0.29) is 24.3 Å². The maximum absolute atomic E-state index is 12.0. The summed E-state index contributed by atoms with van der Waals surface area (Å²) >= 11 is 0. The van der Waals surface area contributed by atoms with Crippen molar-refractivity contribution in [3.8, 4) is 0 Å². The van der Waals surface area contributed by atoms with Crippen LogP contribution in [0, 0.1) is 11.8 Å². The topological polar surface area (TPSA) is 75.4 Å². The zero-order chi connectivity index (χ0) is 12.8. The molecule has 1 atom stereocenters. The van der Waals surface area contributed by atoms with Gasteiger partial charge in [-0.25, -0.2) is 0 Å². The largest absolute Gasteiger partial charge is 0.353 e. The predicted octanol–water partition coefficient (Wildman–Crippen LogP) is -0.0441. The molecule has 1 aliphatic rings. The first-order chi connectivity index (χ1) is 8.02. The van der Waals surface area contributed by atoms with E-state index in [0.717, 1.165) is 6.42 Å². The Labute approximate surface area is 103 Å². The van der Waals surface area contributed by atoms with Gasteiger partial charge in [0.05, 0.1) is 6.54 Å². The molecule has 1 fully saturated rings. The fourth-order valence-corrected chi connectivity index (χ4v) is 2.16. The zero-order valence-corrected chi connectivity index (χ0v) is 10.7. The first-order valence-corrected chi connectivity index (χ1v) is 6.27. The second-order valence-electron chi connectivity index (χ2n) is 5.10. The summed E-state index contributed by atoms with van der Waals surface area (Å²) in [5.74, 6) is 0.752. The third-order valence-electron chi connectivity index (χ3n) is 2.99. The molecular formula is C12H23N3O2. The number of hydrogen-bond acceptors (Lipinski definition) is 3. The minimum atomic E-state index is -0.0715. The van der Waals surface area contributed by atoms with Crippen LogP contribution in [0.1, 0.15) is 26.7 Å². The van der Waals surface area contributed by atoms with Gasteiger partial charge in [0.15, 0.2) is 0 Å². The average molecular weight is 241 g/mol. The van der Waals surface area contributed by atoms with Crippen LogP contribution in [0.15, 0.2) is 0 Å². The van der Waals surface area contributed by atoms with Crippen molar-refractivity contribution in [3.63, 3.8) is 0 Å². The van der Waals surface area contributed by atoms with Crippen LogP contribution in [-0.4, -0.2) is 42.9 Å². The van der Waals surface area contributed by atoms with Crippen molar-refractivity contribution < 1.29 is 9.59 Å². The van der Waals surface area contributed by atoms with Crippen molar-refractivity contribution in [2.75, 3.05) is 26.2 Å². The molecule has 2 amide bonds. The van der Waals surface area contributed by atoms with Gasteiger partial charge in [-0.3, -0.25) is 9.59 Å². The summed E-state index contributed by atoms with van der Waals surface area (Å²) in [4.78, 5) is 24.8. The second-order valence-corrected chi connectivity index (χ2v) is 5.10. The van der Waals surface area contributed by atoms with Crippen molar-refractivity contribution in [1.82, 2.24) is 10.2 Å². The SMILES string of the molecule is CC(C)C[C@H](CN)CC(=O)N1CCNC(=O)C1. The lowest BCUT2D eigenvalue weighted by molar-refractivity contribution is -0.139. The first kappa shape index (κ1) is 14.0. The molecule has 0 unspecified atom stereocenters. The normalized spacial score (nSPS) is 18.1. The van der Waals surface area contributed by atoms with Crippen LogP contribution < -0.4 is 11.1 Å². The molecule has 98 valence electrons. The van der Waals surface area contributed by atoms with Crippen molar-refractivity contribution in [2.24, 2.45) is 17.6 Å². The Balaban J connectivity index is 2.43. The van der Waals surface area contributed by atoms with Gasteiger partial charge in [0.25, 0.3) is 0 Å². The van der Waals surface area contributed by atoms with Crippen LogP contribution in [0.2, 0.25) is 0 Å². The van der Waals surface area contributed by atoms with Gasteiger partial charge in [0.2, 0.25) is 11.8 Å². The van der Waals surface area contributed by atoms with E-state index in [2.05, 4.69) is 19.2 Å². The molecule has 0 aromatic heterocycles. The Hall–Kier alpha value is -1.10. The number of amides is 2. The number of rotatable bonds is 5. The third kappa shape index (κ3) is 4.73. The lowest BCUT2D eigenvalue weighted by atomic mass is 9.93. The van der Waals surface area contributed by atoms with Crippen LogP contribution in [0.5, 0.6) is 0 Å². The van der Waals surface area contributed by atoms with E-state index >= 15 is 0 Å². The average Bonchev–Trinajstić information content (AvgIpc) is 2.27. The monoisotopic (exact) mass is 241 g/mol. The standard InChI is InChI=1S/C12H23N3O2/c1-9(2)5-10(7-13)6-12(17)15-4-3-14-11(16)8-15/h9-10H,3-8,13H2,1-2H3,(H,14,16)/t10-/m0/s1. The number of nitrogens with one attached hydrogen (secondary N) is 1. The van der Waals surface area contributed by atoms with Gasteiger partial charge in [-0.2, -0.15) is 0 Å². The molecule has 3 N–H and O–H groups in total. The van der Waals surface area contributed by atoms with Gasteiger partial charge in [-0.05, 0) is 24.8 Å². The summed E-state index contributed by atoms with van der Waals surface area (Å²) in [5, 5.41) is 2.71. The molecule has 0 aromatic rings. The lowest BCUT2D eigenvalue weighted by Crippen LogP contribution is -2.50. The lowest BCUT2D eigenvalue weighted by Gasteiger charge is -2.28. The van der Waals surface area contributed by atoms with Gasteiger partial charge in [0, 0.05) is 19.5 Å². The van der Waals surface area contributed by atoms with Gasteiger partial charge in [-0.15, -0.1) is 0 Å². The summed E-state index contributed by atoms with van der Waals surface area (Å²) in [6.07, 6.45) is 1.42. The van der Waals surface area contributed by atoms with Crippen LogP contribution in [-0.2, 0) is 9.59 Å². The van der Waals surface area contributed by atoms with Crippen molar-refractivity contribution in [2.45, 2.75) is 26.7 Å². The number of carbonyl (C=O) groups is 2. The number of carbonyl (C=O) groups excluding carboxylic acids is 2. The summed E-state index contributed by atoms with van der Waals surface area (Å²) in [5.41, 5.74) is 5.68. The van der Waals surface area contributed by atoms with Gasteiger partial charge >= 0.3 is 0 Å². The Morgan fingerprint density at radius 2 is 2.24 bits per heavy atom. The molecule has 0 aromatic carbocycles. The summed E-state index contributed by atoms with van der Waals surface area (Å²) < 4.78 is 0.